The van der Waals surface area contributed by atoms with Crippen LogP contribution in [-0.2, 0) is 0 Å². The standard InChI is InChI=1S/C15H25N3O/c1-4-9-16(2)18-12-10-17(11-13-18)14-7-5-6-8-15(14)19-3/h5-8H,4,9-13H2,1-3H3. The van der Waals surface area contributed by atoms with Crippen molar-refractivity contribution in [2.45, 2.75) is 13.3 Å². The van der Waals surface area contributed by atoms with Gasteiger partial charge in [-0.1, -0.05) is 19.1 Å². The molecule has 1 aromatic rings. The summed E-state index contributed by atoms with van der Waals surface area (Å²) in [5.74, 6) is 0.970. The Morgan fingerprint density at radius 2 is 1.84 bits per heavy atom. The molecule has 1 saturated heterocycles. The first-order valence-electron chi connectivity index (χ1n) is 7.10. The van der Waals surface area contributed by atoms with Gasteiger partial charge in [0, 0.05) is 39.8 Å². The minimum atomic E-state index is 0.970. The molecule has 0 aliphatic carbocycles. The van der Waals surface area contributed by atoms with Crippen molar-refractivity contribution in [3.8, 4) is 5.75 Å². The topological polar surface area (TPSA) is 19.0 Å². The van der Waals surface area contributed by atoms with E-state index in [9.17, 15) is 0 Å². The first-order chi connectivity index (χ1) is 9.26. The highest BCUT2D eigenvalue weighted by Gasteiger charge is 2.21. The Bertz CT molecular complexity index is 389. The summed E-state index contributed by atoms with van der Waals surface area (Å²) >= 11 is 0. The molecule has 2 rings (SSSR count). The highest BCUT2D eigenvalue weighted by molar-refractivity contribution is 5.58. The first-order valence-corrected chi connectivity index (χ1v) is 7.10. The fraction of sp³-hybridized carbons (Fsp3) is 0.600. The van der Waals surface area contributed by atoms with Crippen LogP contribution in [0.5, 0.6) is 5.75 Å². The van der Waals surface area contributed by atoms with Crippen LogP contribution in [0.3, 0.4) is 0 Å². The normalized spacial score (nSPS) is 16.9. The Labute approximate surface area is 116 Å². The van der Waals surface area contributed by atoms with E-state index in [1.165, 1.54) is 12.1 Å². The van der Waals surface area contributed by atoms with Crippen LogP contribution in [0.1, 0.15) is 13.3 Å². The maximum atomic E-state index is 5.45. The molecule has 1 fully saturated rings. The molecule has 0 amide bonds. The summed E-state index contributed by atoms with van der Waals surface area (Å²) in [4.78, 5) is 2.41. The minimum absolute atomic E-state index is 0.970. The van der Waals surface area contributed by atoms with Crippen LogP contribution in [0.25, 0.3) is 0 Å². The van der Waals surface area contributed by atoms with E-state index in [0.29, 0.717) is 0 Å². The number of benzene rings is 1. The number of hydrogen-bond acceptors (Lipinski definition) is 4. The minimum Gasteiger partial charge on any atom is -0.495 e. The van der Waals surface area contributed by atoms with Gasteiger partial charge in [-0.25, -0.2) is 10.0 Å². The van der Waals surface area contributed by atoms with Gasteiger partial charge in [-0.2, -0.15) is 0 Å². The number of rotatable bonds is 5. The maximum Gasteiger partial charge on any atom is 0.142 e. The molecule has 19 heavy (non-hydrogen) atoms. The molecule has 1 aliphatic heterocycles. The molecule has 0 atom stereocenters. The summed E-state index contributed by atoms with van der Waals surface area (Å²) in [5, 5.41) is 4.79. The van der Waals surface area contributed by atoms with Crippen LogP contribution in [0.15, 0.2) is 24.3 Å². The number of piperazine rings is 1. The number of hydrazine groups is 1. The van der Waals surface area contributed by atoms with Crippen molar-refractivity contribution in [1.29, 1.82) is 0 Å². The zero-order valence-corrected chi connectivity index (χ0v) is 12.3. The zero-order valence-electron chi connectivity index (χ0n) is 12.3. The van der Waals surface area contributed by atoms with Crippen molar-refractivity contribution < 1.29 is 4.74 Å². The van der Waals surface area contributed by atoms with Gasteiger partial charge in [-0.15, -0.1) is 0 Å². The Kier molecular flexibility index (Phi) is 5.05. The van der Waals surface area contributed by atoms with Crippen molar-refractivity contribution in [3.05, 3.63) is 24.3 Å². The molecule has 106 valence electrons. The lowest BCUT2D eigenvalue weighted by Gasteiger charge is -2.40. The quantitative estimate of drug-likeness (QED) is 0.809. The number of methoxy groups -OCH3 is 1. The molecule has 0 aromatic heterocycles. The van der Waals surface area contributed by atoms with Crippen molar-refractivity contribution in [3.63, 3.8) is 0 Å². The molecule has 0 N–H and O–H groups in total. The van der Waals surface area contributed by atoms with Crippen molar-refractivity contribution in [2.24, 2.45) is 0 Å². The summed E-state index contributed by atoms with van der Waals surface area (Å²) in [6, 6.07) is 8.27. The second-order valence-corrected chi connectivity index (χ2v) is 4.99. The van der Waals surface area contributed by atoms with Crippen LogP contribution in [0.4, 0.5) is 5.69 Å². The predicted octanol–water partition coefficient (Wildman–Crippen LogP) is 2.07. The molecule has 0 radical (unpaired) electrons. The van der Waals surface area contributed by atoms with E-state index >= 15 is 0 Å². The molecule has 4 heteroatoms. The first kappa shape index (κ1) is 14.2. The molecule has 1 aromatic carbocycles. The van der Waals surface area contributed by atoms with E-state index in [4.69, 9.17) is 4.74 Å². The maximum absolute atomic E-state index is 5.45. The van der Waals surface area contributed by atoms with E-state index in [2.05, 4.69) is 41.0 Å². The molecule has 0 saturated carbocycles. The van der Waals surface area contributed by atoms with Gasteiger partial charge in [0.15, 0.2) is 0 Å². The van der Waals surface area contributed by atoms with Gasteiger partial charge in [0.2, 0.25) is 0 Å². The van der Waals surface area contributed by atoms with Crippen LogP contribution in [0.2, 0.25) is 0 Å². The fourth-order valence-corrected chi connectivity index (χ4v) is 2.63. The Balaban J connectivity index is 1.96. The predicted molar refractivity (Wildman–Crippen MR) is 79.7 cm³/mol. The Hall–Kier alpha value is -1.26. The number of anilines is 1. The number of ether oxygens (including phenoxy) is 1. The average molecular weight is 263 g/mol. The molecule has 1 aliphatic rings. The van der Waals surface area contributed by atoms with Crippen molar-refractivity contribution in [2.75, 3.05) is 51.8 Å². The monoisotopic (exact) mass is 263 g/mol. The van der Waals surface area contributed by atoms with Gasteiger partial charge in [0.1, 0.15) is 5.75 Å². The summed E-state index contributed by atoms with van der Waals surface area (Å²) in [5.41, 5.74) is 1.21. The van der Waals surface area contributed by atoms with Crippen LogP contribution in [-0.4, -0.2) is 56.9 Å². The van der Waals surface area contributed by atoms with Gasteiger partial charge in [-0.3, -0.25) is 0 Å². The SMILES string of the molecule is CCCN(C)N1CCN(c2ccccc2OC)CC1. The van der Waals surface area contributed by atoms with E-state index < -0.39 is 0 Å². The van der Waals surface area contributed by atoms with Gasteiger partial charge in [0.05, 0.1) is 12.8 Å². The zero-order chi connectivity index (χ0) is 13.7. The molecule has 1 heterocycles. The second kappa shape index (κ2) is 6.78. The highest BCUT2D eigenvalue weighted by atomic mass is 16.5. The smallest absolute Gasteiger partial charge is 0.142 e. The van der Waals surface area contributed by atoms with E-state index in [0.717, 1.165) is 38.5 Å². The Morgan fingerprint density at radius 1 is 1.16 bits per heavy atom. The third-order valence-electron chi connectivity index (χ3n) is 3.71. The Morgan fingerprint density at radius 3 is 2.47 bits per heavy atom. The largest absolute Gasteiger partial charge is 0.495 e. The third-order valence-corrected chi connectivity index (χ3v) is 3.71. The lowest BCUT2D eigenvalue weighted by atomic mass is 10.2. The third kappa shape index (κ3) is 3.39. The number of para-hydroxylation sites is 2. The van der Waals surface area contributed by atoms with Crippen LogP contribution < -0.4 is 9.64 Å². The van der Waals surface area contributed by atoms with Crippen LogP contribution >= 0.6 is 0 Å². The number of nitrogens with zero attached hydrogens (tertiary/aromatic N) is 3. The summed E-state index contributed by atoms with van der Waals surface area (Å²) in [7, 11) is 3.92. The highest BCUT2D eigenvalue weighted by Crippen LogP contribution is 2.28. The van der Waals surface area contributed by atoms with Gasteiger partial charge in [0.25, 0.3) is 0 Å². The lowest BCUT2D eigenvalue weighted by molar-refractivity contribution is -0.00486. The molecule has 0 bridgehead atoms. The average Bonchev–Trinajstić information content (AvgIpc) is 2.47. The van der Waals surface area contributed by atoms with E-state index in [1.807, 2.05) is 12.1 Å². The second-order valence-electron chi connectivity index (χ2n) is 4.99. The van der Waals surface area contributed by atoms with Crippen LogP contribution in [0, 0.1) is 0 Å². The van der Waals surface area contributed by atoms with Gasteiger partial charge < -0.3 is 9.64 Å². The molecule has 0 unspecified atom stereocenters. The van der Waals surface area contributed by atoms with E-state index in [1.54, 1.807) is 7.11 Å². The fourth-order valence-electron chi connectivity index (χ4n) is 2.63. The number of hydrogen-bond donors (Lipinski definition) is 0. The molecule has 4 nitrogen and oxygen atoms in total. The molecular formula is C15H25N3O. The van der Waals surface area contributed by atoms with Crippen molar-refractivity contribution in [1.82, 2.24) is 10.0 Å². The van der Waals surface area contributed by atoms with Gasteiger partial charge >= 0.3 is 0 Å². The lowest BCUT2D eigenvalue weighted by Crippen LogP contribution is -2.52. The van der Waals surface area contributed by atoms with Gasteiger partial charge in [-0.05, 0) is 18.6 Å². The summed E-state index contributed by atoms with van der Waals surface area (Å²) < 4.78 is 5.45. The molecular weight excluding hydrogens is 238 g/mol. The summed E-state index contributed by atoms with van der Waals surface area (Å²) in [6.07, 6.45) is 1.20. The van der Waals surface area contributed by atoms with Crippen molar-refractivity contribution >= 4 is 5.69 Å². The molecule has 0 spiro atoms. The van der Waals surface area contributed by atoms with E-state index in [-0.39, 0.29) is 0 Å². The summed E-state index contributed by atoms with van der Waals surface area (Å²) in [6.45, 7) is 7.61.